The second kappa shape index (κ2) is 4.93. The molecule has 18 heavy (non-hydrogen) atoms. The minimum Gasteiger partial charge on any atom is -0.258 e. The van der Waals surface area contributed by atoms with Crippen LogP contribution in [0.4, 0.5) is 5.69 Å². The molecule has 0 amide bonds. The molecule has 0 aliphatic heterocycles. The van der Waals surface area contributed by atoms with Gasteiger partial charge in [-0.05, 0) is 21.5 Å². The molecule has 0 radical (unpaired) electrons. The topological polar surface area (TPSA) is 97.6 Å². The number of hydrogen-bond acceptors (Lipinski definition) is 5. The summed E-state index contributed by atoms with van der Waals surface area (Å²) in [7, 11) is 0. The van der Waals surface area contributed by atoms with E-state index in [1.165, 1.54) is 17.1 Å². The molecule has 2 aromatic rings. The van der Waals surface area contributed by atoms with Gasteiger partial charge in [-0.15, -0.1) is 5.10 Å². The van der Waals surface area contributed by atoms with Crippen LogP contribution in [0.2, 0.25) is 0 Å². The minimum absolute atomic E-state index is 0.00637. The van der Waals surface area contributed by atoms with E-state index in [4.69, 9.17) is 5.26 Å². The number of hydrogen-bond donors (Lipinski definition) is 0. The molecule has 7 nitrogen and oxygen atoms in total. The van der Waals surface area contributed by atoms with Crippen LogP contribution >= 0.6 is 15.9 Å². The summed E-state index contributed by atoms with van der Waals surface area (Å²) in [6.45, 7) is 0.303. The monoisotopic (exact) mass is 307 g/mol. The SMILES string of the molecule is N#Cc1ncn(Cc2cccc([N+](=O)[O-])c2Br)n1. The molecule has 1 aromatic heterocycles. The number of nitro benzene ring substituents is 1. The minimum atomic E-state index is -0.463. The van der Waals surface area contributed by atoms with Gasteiger partial charge in [-0.1, -0.05) is 12.1 Å². The number of nitro groups is 1. The van der Waals surface area contributed by atoms with Gasteiger partial charge in [-0.2, -0.15) is 5.26 Å². The lowest BCUT2D eigenvalue weighted by atomic mass is 10.2. The highest BCUT2D eigenvalue weighted by Gasteiger charge is 2.15. The van der Waals surface area contributed by atoms with E-state index in [1.807, 2.05) is 6.07 Å². The van der Waals surface area contributed by atoms with Gasteiger partial charge in [0.2, 0.25) is 0 Å². The fourth-order valence-electron chi connectivity index (χ4n) is 1.43. The Labute approximate surface area is 110 Å². The molecule has 0 saturated heterocycles. The normalized spacial score (nSPS) is 10.0. The molecule has 0 fully saturated rings. The Kier molecular flexibility index (Phi) is 3.34. The zero-order valence-electron chi connectivity index (χ0n) is 8.95. The van der Waals surface area contributed by atoms with Crippen LogP contribution in [0, 0.1) is 21.4 Å². The third-order valence-electron chi connectivity index (χ3n) is 2.22. The number of benzene rings is 1. The Balaban J connectivity index is 2.32. The summed E-state index contributed by atoms with van der Waals surface area (Å²) in [4.78, 5) is 14.1. The Morgan fingerprint density at radius 1 is 1.56 bits per heavy atom. The number of aromatic nitrogens is 3. The average Bonchev–Trinajstić information content (AvgIpc) is 2.79. The standard InChI is InChI=1S/C10H6BrN5O2/c11-10-7(2-1-3-8(10)16(17)18)5-15-6-13-9(4-12)14-15/h1-3,6H,5H2. The molecular formula is C10H6BrN5O2. The summed E-state index contributed by atoms with van der Waals surface area (Å²) in [6.07, 6.45) is 1.41. The molecule has 0 N–H and O–H groups in total. The van der Waals surface area contributed by atoms with Crippen LogP contribution in [0.25, 0.3) is 0 Å². The highest BCUT2D eigenvalue weighted by atomic mass is 79.9. The molecule has 0 aliphatic carbocycles. The lowest BCUT2D eigenvalue weighted by molar-refractivity contribution is -0.385. The van der Waals surface area contributed by atoms with Crippen molar-refractivity contribution in [3.05, 3.63) is 50.5 Å². The first-order valence-corrected chi connectivity index (χ1v) is 5.62. The number of halogens is 1. The van der Waals surface area contributed by atoms with Gasteiger partial charge in [-0.25, -0.2) is 9.67 Å². The van der Waals surface area contributed by atoms with Crippen molar-refractivity contribution in [2.45, 2.75) is 6.54 Å². The van der Waals surface area contributed by atoms with Gasteiger partial charge in [0.15, 0.2) is 0 Å². The summed E-state index contributed by atoms with van der Waals surface area (Å²) < 4.78 is 1.85. The van der Waals surface area contributed by atoms with Crippen LogP contribution in [-0.2, 0) is 6.54 Å². The van der Waals surface area contributed by atoms with Crippen LogP contribution in [0.3, 0.4) is 0 Å². The second-order valence-electron chi connectivity index (χ2n) is 3.38. The predicted molar refractivity (Wildman–Crippen MR) is 64.6 cm³/mol. The van der Waals surface area contributed by atoms with E-state index >= 15 is 0 Å². The Morgan fingerprint density at radius 3 is 2.94 bits per heavy atom. The lowest BCUT2D eigenvalue weighted by Gasteiger charge is -2.04. The first-order valence-electron chi connectivity index (χ1n) is 4.83. The third kappa shape index (κ3) is 2.36. The van der Waals surface area contributed by atoms with Crippen molar-refractivity contribution in [3.8, 4) is 6.07 Å². The van der Waals surface area contributed by atoms with Crippen molar-refractivity contribution in [3.63, 3.8) is 0 Å². The largest absolute Gasteiger partial charge is 0.283 e. The van der Waals surface area contributed by atoms with E-state index in [1.54, 1.807) is 12.1 Å². The molecule has 0 atom stereocenters. The van der Waals surface area contributed by atoms with Crippen LogP contribution < -0.4 is 0 Å². The third-order valence-corrected chi connectivity index (χ3v) is 3.14. The number of nitriles is 1. The molecule has 0 spiro atoms. The van der Waals surface area contributed by atoms with Gasteiger partial charge >= 0.3 is 0 Å². The molecular weight excluding hydrogens is 302 g/mol. The van der Waals surface area contributed by atoms with Crippen molar-refractivity contribution in [2.24, 2.45) is 0 Å². The summed E-state index contributed by atoms with van der Waals surface area (Å²) in [5.74, 6) is 0.0663. The van der Waals surface area contributed by atoms with E-state index in [2.05, 4.69) is 26.0 Å². The van der Waals surface area contributed by atoms with Gasteiger partial charge in [0.25, 0.3) is 11.5 Å². The highest BCUT2D eigenvalue weighted by Crippen LogP contribution is 2.28. The molecule has 0 aliphatic rings. The van der Waals surface area contributed by atoms with Gasteiger partial charge in [0.1, 0.15) is 16.9 Å². The smallest absolute Gasteiger partial charge is 0.258 e. The molecule has 0 bridgehead atoms. The number of rotatable bonds is 3. The van der Waals surface area contributed by atoms with Crippen molar-refractivity contribution < 1.29 is 4.92 Å². The summed E-state index contributed by atoms with van der Waals surface area (Å²) in [5, 5.41) is 23.3. The van der Waals surface area contributed by atoms with E-state index in [0.29, 0.717) is 16.6 Å². The predicted octanol–water partition coefficient (Wildman–Crippen LogP) is 1.87. The molecule has 2 rings (SSSR count). The van der Waals surface area contributed by atoms with Crippen molar-refractivity contribution in [1.29, 1.82) is 5.26 Å². The van der Waals surface area contributed by atoms with Gasteiger partial charge in [0.05, 0.1) is 11.5 Å². The van der Waals surface area contributed by atoms with E-state index in [0.717, 1.165) is 0 Å². The molecule has 1 heterocycles. The molecule has 1 aromatic carbocycles. The fraction of sp³-hybridized carbons (Fsp3) is 0.100. The zero-order valence-corrected chi connectivity index (χ0v) is 10.5. The maximum atomic E-state index is 10.8. The summed E-state index contributed by atoms with van der Waals surface area (Å²) in [6, 6.07) is 6.57. The highest BCUT2D eigenvalue weighted by molar-refractivity contribution is 9.10. The Hall–Kier alpha value is -2.27. The van der Waals surface area contributed by atoms with Gasteiger partial charge < -0.3 is 0 Å². The Bertz CT molecular complexity index is 646. The first kappa shape index (κ1) is 12.2. The van der Waals surface area contributed by atoms with Crippen LogP contribution in [-0.4, -0.2) is 19.7 Å². The van der Waals surface area contributed by atoms with Gasteiger partial charge in [-0.3, -0.25) is 10.1 Å². The molecule has 0 saturated carbocycles. The van der Waals surface area contributed by atoms with Crippen molar-refractivity contribution in [2.75, 3.05) is 0 Å². The lowest BCUT2D eigenvalue weighted by Crippen LogP contribution is -2.02. The fourth-order valence-corrected chi connectivity index (χ4v) is 1.96. The first-order chi connectivity index (χ1) is 8.61. The van der Waals surface area contributed by atoms with E-state index in [-0.39, 0.29) is 11.5 Å². The van der Waals surface area contributed by atoms with Crippen molar-refractivity contribution in [1.82, 2.24) is 14.8 Å². The maximum Gasteiger partial charge on any atom is 0.283 e. The van der Waals surface area contributed by atoms with Crippen LogP contribution in [0.5, 0.6) is 0 Å². The average molecular weight is 308 g/mol. The van der Waals surface area contributed by atoms with Crippen LogP contribution in [0.1, 0.15) is 11.4 Å². The van der Waals surface area contributed by atoms with Gasteiger partial charge in [0, 0.05) is 6.07 Å². The maximum absolute atomic E-state index is 10.8. The Morgan fingerprint density at radius 2 is 2.33 bits per heavy atom. The second-order valence-corrected chi connectivity index (χ2v) is 4.18. The van der Waals surface area contributed by atoms with Crippen molar-refractivity contribution >= 4 is 21.6 Å². The molecule has 8 heteroatoms. The van der Waals surface area contributed by atoms with E-state index in [9.17, 15) is 10.1 Å². The summed E-state index contributed by atoms with van der Waals surface area (Å²) >= 11 is 3.20. The van der Waals surface area contributed by atoms with E-state index < -0.39 is 4.92 Å². The molecule has 90 valence electrons. The quantitative estimate of drug-likeness (QED) is 0.637. The van der Waals surface area contributed by atoms with Crippen LogP contribution in [0.15, 0.2) is 29.0 Å². The zero-order chi connectivity index (χ0) is 13.1. The molecule has 0 unspecified atom stereocenters. The number of nitrogens with zero attached hydrogens (tertiary/aromatic N) is 5. The summed E-state index contributed by atoms with van der Waals surface area (Å²) in [5.41, 5.74) is 0.687.